The van der Waals surface area contributed by atoms with Crippen molar-refractivity contribution < 1.29 is 66.1 Å². The summed E-state index contributed by atoms with van der Waals surface area (Å²) in [6, 6.07) is 17.9. The molecule has 0 fully saturated rings. The van der Waals surface area contributed by atoms with Gasteiger partial charge in [-0.05, 0) is 29.3 Å². The monoisotopic (exact) mass is 486 g/mol. The molecule has 2 N–H and O–H groups in total. The van der Waals surface area contributed by atoms with Crippen molar-refractivity contribution in [3.05, 3.63) is 87.9 Å². The number of carbonyl (C=O) groups excluding carboxylic acids is 2. The number of benzene rings is 4. The summed E-state index contributed by atoms with van der Waals surface area (Å²) in [4.78, 5) is 25.4. The van der Waals surface area contributed by atoms with Crippen molar-refractivity contribution in [3.8, 4) is 16.9 Å². The number of fused-ring (bicyclic) bond motifs is 4. The Bertz CT molecular complexity index is 1420. The first-order chi connectivity index (χ1) is 14.9. The molecule has 0 bridgehead atoms. The predicted molar refractivity (Wildman–Crippen MR) is 121 cm³/mol. The van der Waals surface area contributed by atoms with Crippen LogP contribution >= 0.6 is 23.2 Å². The molecule has 5 rings (SSSR count). The first-order valence-electron chi connectivity index (χ1n) is 9.37. The second kappa shape index (κ2) is 9.15. The Hall–Kier alpha value is -1.90. The topological polar surface area (TPSA) is 81.3 Å². The van der Waals surface area contributed by atoms with Crippen molar-refractivity contribution in [2.24, 2.45) is 0 Å². The van der Waals surface area contributed by atoms with Crippen molar-refractivity contribution in [1.82, 2.24) is 0 Å². The van der Waals surface area contributed by atoms with Gasteiger partial charge in [-0.1, -0.05) is 71.7 Å². The van der Waals surface area contributed by atoms with E-state index in [0.717, 1.165) is 11.1 Å². The summed E-state index contributed by atoms with van der Waals surface area (Å²) in [5.41, 5.74) is 3.63. The quantitative estimate of drug-likeness (QED) is 0.376. The molecule has 0 saturated heterocycles. The predicted octanol–water partition coefficient (Wildman–Crippen LogP) is 3.08. The van der Waals surface area contributed by atoms with Crippen LogP contribution in [0.5, 0.6) is 5.75 Å². The van der Waals surface area contributed by atoms with Gasteiger partial charge in [0.1, 0.15) is 0 Å². The molecule has 1 aliphatic carbocycles. The van der Waals surface area contributed by atoms with Gasteiger partial charge in [0.15, 0.2) is 5.78 Å². The van der Waals surface area contributed by atoms with E-state index in [9.17, 15) is 14.7 Å². The third-order valence-electron chi connectivity index (χ3n) is 5.23. The molecule has 0 heterocycles. The van der Waals surface area contributed by atoms with E-state index in [2.05, 4.69) is 10.6 Å². The molecule has 0 atom stereocenters. The molecule has 5 nitrogen and oxygen atoms in total. The Morgan fingerprint density at radius 3 is 2.25 bits per heavy atom. The van der Waals surface area contributed by atoms with Gasteiger partial charge in [0.25, 0.3) is 0 Å². The number of carbonyl (C=O) groups is 2. The molecule has 0 spiro atoms. The molecule has 0 unspecified atom stereocenters. The van der Waals surface area contributed by atoms with Gasteiger partial charge in [-0.3, -0.25) is 4.79 Å². The minimum atomic E-state index is -0.565. The van der Waals surface area contributed by atoms with Crippen molar-refractivity contribution in [1.29, 1.82) is 0 Å². The minimum absolute atomic E-state index is 0. The Morgan fingerprint density at radius 2 is 1.47 bits per heavy atom. The molecule has 4 aromatic rings. The van der Waals surface area contributed by atoms with E-state index in [-0.39, 0.29) is 73.6 Å². The normalized spacial score (nSPS) is 11.5. The zero-order chi connectivity index (χ0) is 21.7. The van der Waals surface area contributed by atoms with Crippen LogP contribution in [0.25, 0.3) is 21.9 Å². The number of halogens is 2. The zero-order valence-electron chi connectivity index (χ0n) is 16.8. The number of hydrogen-bond donors (Lipinski definition) is 2. The van der Waals surface area contributed by atoms with Crippen LogP contribution in [-0.4, -0.2) is 11.8 Å². The molecule has 152 valence electrons. The van der Waals surface area contributed by atoms with Crippen LogP contribution in [-0.2, 0) is 0 Å². The largest absolute Gasteiger partial charge is 1.00 e. The van der Waals surface area contributed by atoms with Crippen LogP contribution in [0.2, 0.25) is 10.0 Å². The second-order valence-electron chi connectivity index (χ2n) is 7.14. The number of hydrogen-bond acceptors (Lipinski definition) is 3. The second-order valence-corrected chi connectivity index (χ2v) is 7.95. The molecule has 0 radical (unpaired) electrons. The molecule has 8 heteroatoms. The average Bonchev–Trinajstić information content (AvgIpc) is 3.03. The van der Waals surface area contributed by atoms with Gasteiger partial charge in [0.2, 0.25) is 0 Å². The van der Waals surface area contributed by atoms with Crippen LogP contribution in [0.1, 0.15) is 15.9 Å². The SMILES string of the molecule is O=C(Nc1ccc2c(c1)C(=O)c1ccccc1-2)Nc1c(Cl)cc(Cl)c2ccc([O-])cc12.[K+]. The maximum absolute atomic E-state index is 12.7. The van der Waals surface area contributed by atoms with E-state index in [0.29, 0.717) is 32.6 Å². The van der Waals surface area contributed by atoms with E-state index < -0.39 is 6.03 Å². The smallest absolute Gasteiger partial charge is 0.872 e. The molecule has 2 amide bonds. The summed E-state index contributed by atoms with van der Waals surface area (Å²) in [6.45, 7) is 0. The molecule has 0 saturated carbocycles. The first-order valence-corrected chi connectivity index (χ1v) is 10.1. The Balaban J connectivity index is 0.00000245. The number of rotatable bonds is 2. The fraction of sp³-hybridized carbons (Fsp3) is 0. The van der Waals surface area contributed by atoms with Gasteiger partial charge < -0.3 is 15.7 Å². The molecule has 0 aromatic heterocycles. The van der Waals surface area contributed by atoms with E-state index in [1.54, 1.807) is 24.3 Å². The fourth-order valence-electron chi connectivity index (χ4n) is 3.84. The maximum atomic E-state index is 12.7. The zero-order valence-corrected chi connectivity index (χ0v) is 21.5. The van der Waals surface area contributed by atoms with E-state index in [1.165, 1.54) is 18.2 Å². The van der Waals surface area contributed by atoms with Gasteiger partial charge in [-0.2, -0.15) is 0 Å². The standard InChI is InChI=1S/C24H14Cl2N2O3.K/c25-20-11-21(26)22(18-10-13(29)6-8-16(18)20)28-24(31)27-12-5-7-15-14-3-1-2-4-17(14)23(30)19(15)9-12;/h1-11,29H,(H2,27,28,31);/q;+1/p-1. The number of ketones is 1. The summed E-state index contributed by atoms with van der Waals surface area (Å²) in [7, 11) is 0. The van der Waals surface area contributed by atoms with Gasteiger partial charge in [-0.15, -0.1) is 5.75 Å². The summed E-state index contributed by atoms with van der Waals surface area (Å²) in [5, 5.41) is 18.9. The maximum Gasteiger partial charge on any atom is 1.00 e. The third kappa shape index (κ3) is 4.08. The van der Waals surface area contributed by atoms with E-state index >= 15 is 0 Å². The molecule has 0 aliphatic heterocycles. The van der Waals surface area contributed by atoms with Crippen LogP contribution in [0.4, 0.5) is 16.2 Å². The number of nitrogens with one attached hydrogen (secondary N) is 2. The molecule has 1 aliphatic rings. The van der Waals surface area contributed by atoms with Crippen molar-refractivity contribution in [3.63, 3.8) is 0 Å². The molecule has 32 heavy (non-hydrogen) atoms. The van der Waals surface area contributed by atoms with Crippen molar-refractivity contribution >= 4 is 57.2 Å². The Kier molecular flexibility index (Phi) is 6.65. The van der Waals surface area contributed by atoms with Gasteiger partial charge in [0, 0.05) is 27.6 Å². The summed E-state index contributed by atoms with van der Waals surface area (Å²) in [5.74, 6) is -0.310. The summed E-state index contributed by atoms with van der Waals surface area (Å²) >= 11 is 12.5. The van der Waals surface area contributed by atoms with Crippen LogP contribution in [0, 0.1) is 0 Å². The summed E-state index contributed by atoms with van der Waals surface area (Å²) < 4.78 is 0. The molecular formula is C24H13Cl2KN2O3. The first kappa shape index (κ1) is 23.3. The van der Waals surface area contributed by atoms with E-state index in [1.807, 2.05) is 24.3 Å². The number of urea groups is 1. The average molecular weight is 487 g/mol. The van der Waals surface area contributed by atoms with Gasteiger partial charge in [0.05, 0.1) is 15.7 Å². The fourth-order valence-corrected chi connectivity index (χ4v) is 4.42. The van der Waals surface area contributed by atoms with Gasteiger partial charge >= 0.3 is 57.4 Å². The van der Waals surface area contributed by atoms with Crippen LogP contribution < -0.4 is 67.1 Å². The summed E-state index contributed by atoms with van der Waals surface area (Å²) in [6.07, 6.45) is 0. The molecular weight excluding hydrogens is 474 g/mol. The van der Waals surface area contributed by atoms with Gasteiger partial charge in [-0.25, -0.2) is 4.79 Å². The van der Waals surface area contributed by atoms with Crippen LogP contribution in [0.3, 0.4) is 0 Å². The Labute approximate surface area is 236 Å². The van der Waals surface area contributed by atoms with Crippen molar-refractivity contribution in [2.45, 2.75) is 0 Å². The molecule has 4 aromatic carbocycles. The number of amides is 2. The number of anilines is 2. The van der Waals surface area contributed by atoms with Crippen LogP contribution in [0.15, 0.2) is 66.7 Å². The van der Waals surface area contributed by atoms with E-state index in [4.69, 9.17) is 23.2 Å². The Morgan fingerprint density at radius 1 is 0.750 bits per heavy atom. The third-order valence-corrected chi connectivity index (χ3v) is 5.84. The minimum Gasteiger partial charge on any atom is -0.872 e. The van der Waals surface area contributed by atoms with Crippen molar-refractivity contribution in [2.75, 3.05) is 10.6 Å².